The van der Waals surface area contributed by atoms with Gasteiger partial charge in [-0.05, 0) is 49.9 Å². The summed E-state index contributed by atoms with van der Waals surface area (Å²) in [5, 5.41) is 12.9. The van der Waals surface area contributed by atoms with E-state index in [9.17, 15) is 5.11 Å². The van der Waals surface area contributed by atoms with Crippen LogP contribution < -0.4 is 5.32 Å². The van der Waals surface area contributed by atoms with Gasteiger partial charge in [0.25, 0.3) is 0 Å². The summed E-state index contributed by atoms with van der Waals surface area (Å²) in [4.78, 5) is 13.8. The molecular weight excluding hydrogens is 316 g/mol. The predicted octanol–water partition coefficient (Wildman–Crippen LogP) is 3.16. The Morgan fingerprint density at radius 1 is 1.16 bits per heavy atom. The first-order valence-corrected chi connectivity index (χ1v) is 8.57. The molecule has 3 heterocycles. The number of rotatable bonds is 6. The number of hydrogen-bond acceptors (Lipinski definition) is 6. The zero-order valence-electron chi connectivity index (χ0n) is 13.9. The van der Waals surface area contributed by atoms with E-state index in [1.165, 1.54) is 0 Å². The maximum absolute atomic E-state index is 9.42. The second kappa shape index (κ2) is 7.03. The number of hydrogen-bond donors (Lipinski definition) is 2. The largest absolute Gasteiger partial charge is 0.467 e. The number of nitrogens with one attached hydrogen (secondary N) is 1. The van der Waals surface area contributed by atoms with Crippen molar-refractivity contribution >= 4 is 5.82 Å². The third-order valence-electron chi connectivity index (χ3n) is 4.44. The molecule has 0 saturated carbocycles. The molecule has 0 aliphatic heterocycles. The maximum atomic E-state index is 9.42. The van der Waals surface area contributed by atoms with Gasteiger partial charge in [0.05, 0.1) is 12.3 Å². The van der Waals surface area contributed by atoms with Crippen molar-refractivity contribution in [2.45, 2.75) is 31.7 Å². The van der Waals surface area contributed by atoms with E-state index in [4.69, 9.17) is 14.4 Å². The molecule has 2 N–H and O–H groups in total. The number of furan rings is 1. The highest BCUT2D eigenvalue weighted by Crippen LogP contribution is 2.31. The Morgan fingerprint density at radius 3 is 2.88 bits per heavy atom. The molecule has 6 nitrogen and oxygen atoms in total. The monoisotopic (exact) mass is 336 g/mol. The van der Waals surface area contributed by atoms with Crippen molar-refractivity contribution in [3.8, 4) is 11.5 Å². The summed E-state index contributed by atoms with van der Waals surface area (Å²) in [7, 11) is 0. The van der Waals surface area contributed by atoms with Crippen molar-refractivity contribution in [1.29, 1.82) is 0 Å². The van der Waals surface area contributed by atoms with Crippen LogP contribution in [0.5, 0.6) is 0 Å². The van der Waals surface area contributed by atoms with Crippen LogP contribution in [-0.4, -0.2) is 26.7 Å². The number of nitrogens with zero attached hydrogens (tertiary/aromatic N) is 3. The molecule has 1 aliphatic rings. The summed E-state index contributed by atoms with van der Waals surface area (Å²) < 4.78 is 5.53. The molecule has 3 aromatic rings. The lowest BCUT2D eigenvalue weighted by Gasteiger charge is -2.19. The molecule has 0 fully saturated rings. The minimum Gasteiger partial charge on any atom is -0.467 e. The summed E-state index contributed by atoms with van der Waals surface area (Å²) in [6.07, 6.45) is 6.94. The predicted molar refractivity (Wildman–Crippen MR) is 94.1 cm³/mol. The lowest BCUT2D eigenvalue weighted by Crippen LogP contribution is -2.15. The van der Waals surface area contributed by atoms with Gasteiger partial charge in [0.1, 0.15) is 17.3 Å². The fourth-order valence-electron chi connectivity index (χ4n) is 3.23. The Labute approximate surface area is 146 Å². The lowest BCUT2D eigenvalue weighted by atomic mass is 10.1. The molecule has 1 unspecified atom stereocenters. The van der Waals surface area contributed by atoms with Crippen LogP contribution in [0.1, 0.15) is 35.9 Å². The Morgan fingerprint density at radius 2 is 2.12 bits per heavy atom. The Kier molecular flexibility index (Phi) is 4.43. The highest BCUT2D eigenvalue weighted by molar-refractivity contribution is 5.58. The Bertz CT molecular complexity index is 834. The van der Waals surface area contributed by atoms with E-state index < -0.39 is 0 Å². The summed E-state index contributed by atoms with van der Waals surface area (Å²) in [6, 6.07) is 9.36. The molecule has 1 atom stereocenters. The van der Waals surface area contributed by atoms with Crippen LogP contribution in [0.25, 0.3) is 11.5 Å². The second-order valence-electron chi connectivity index (χ2n) is 6.11. The van der Waals surface area contributed by atoms with E-state index in [1.807, 2.05) is 30.3 Å². The smallest absolute Gasteiger partial charge is 0.180 e. The van der Waals surface area contributed by atoms with Gasteiger partial charge in [-0.1, -0.05) is 6.07 Å². The highest BCUT2D eigenvalue weighted by Gasteiger charge is 2.23. The number of anilines is 1. The summed E-state index contributed by atoms with van der Waals surface area (Å²) in [6.45, 7) is 0.0682. The van der Waals surface area contributed by atoms with Crippen molar-refractivity contribution in [2.75, 3.05) is 11.9 Å². The van der Waals surface area contributed by atoms with Crippen LogP contribution in [0.2, 0.25) is 0 Å². The molecule has 0 amide bonds. The van der Waals surface area contributed by atoms with E-state index in [0.29, 0.717) is 12.2 Å². The van der Waals surface area contributed by atoms with E-state index in [0.717, 1.165) is 47.8 Å². The van der Waals surface area contributed by atoms with E-state index in [-0.39, 0.29) is 12.6 Å². The first-order chi connectivity index (χ1) is 12.3. The summed E-state index contributed by atoms with van der Waals surface area (Å²) in [5.41, 5.74) is 3.01. The third kappa shape index (κ3) is 3.25. The second-order valence-corrected chi connectivity index (χ2v) is 6.11. The van der Waals surface area contributed by atoms with Gasteiger partial charge in [-0.3, -0.25) is 4.98 Å². The molecule has 0 aromatic carbocycles. The molecule has 4 rings (SSSR count). The average Bonchev–Trinajstić information content (AvgIpc) is 3.33. The van der Waals surface area contributed by atoms with Crippen molar-refractivity contribution < 1.29 is 9.52 Å². The number of pyridine rings is 1. The van der Waals surface area contributed by atoms with Gasteiger partial charge in [0, 0.05) is 24.1 Å². The minimum absolute atomic E-state index is 0.0682. The summed E-state index contributed by atoms with van der Waals surface area (Å²) >= 11 is 0. The quantitative estimate of drug-likeness (QED) is 0.719. The SMILES string of the molecule is OCCC(Nc1nc(-c2ccccn2)nc2c1CCC2)c1ccco1. The Hall–Kier alpha value is -2.73. The molecule has 0 bridgehead atoms. The number of aromatic nitrogens is 3. The molecule has 6 heteroatoms. The normalized spacial score (nSPS) is 14.3. The number of fused-ring (bicyclic) bond motifs is 1. The van der Waals surface area contributed by atoms with Gasteiger partial charge in [0.2, 0.25) is 0 Å². The van der Waals surface area contributed by atoms with Crippen LogP contribution in [0.15, 0.2) is 47.2 Å². The van der Waals surface area contributed by atoms with E-state index in [2.05, 4.69) is 10.3 Å². The van der Waals surface area contributed by atoms with Gasteiger partial charge >= 0.3 is 0 Å². The molecule has 1 aliphatic carbocycles. The fraction of sp³-hybridized carbons (Fsp3) is 0.316. The fourth-order valence-corrected chi connectivity index (χ4v) is 3.23. The average molecular weight is 336 g/mol. The van der Waals surface area contributed by atoms with Crippen molar-refractivity contribution in [1.82, 2.24) is 15.0 Å². The van der Waals surface area contributed by atoms with Gasteiger partial charge in [0.15, 0.2) is 5.82 Å². The van der Waals surface area contributed by atoms with Gasteiger partial charge in [-0.15, -0.1) is 0 Å². The van der Waals surface area contributed by atoms with Gasteiger partial charge in [-0.25, -0.2) is 9.97 Å². The molecule has 0 radical (unpaired) electrons. The van der Waals surface area contributed by atoms with Gasteiger partial charge in [-0.2, -0.15) is 0 Å². The van der Waals surface area contributed by atoms with E-state index in [1.54, 1.807) is 12.5 Å². The molecule has 0 spiro atoms. The van der Waals surface area contributed by atoms with Crippen LogP contribution in [0, 0.1) is 0 Å². The van der Waals surface area contributed by atoms with Crippen LogP contribution in [0.3, 0.4) is 0 Å². The number of aliphatic hydroxyl groups is 1. The van der Waals surface area contributed by atoms with Crippen molar-refractivity contribution in [3.05, 3.63) is 59.8 Å². The van der Waals surface area contributed by atoms with E-state index >= 15 is 0 Å². The molecular formula is C19H20N4O2. The highest BCUT2D eigenvalue weighted by atomic mass is 16.3. The van der Waals surface area contributed by atoms with Gasteiger partial charge < -0.3 is 14.8 Å². The minimum atomic E-state index is -0.129. The lowest BCUT2D eigenvalue weighted by molar-refractivity contribution is 0.273. The molecule has 0 saturated heterocycles. The van der Waals surface area contributed by atoms with Crippen LogP contribution >= 0.6 is 0 Å². The summed E-state index contributed by atoms with van der Waals surface area (Å²) in [5.74, 6) is 2.24. The van der Waals surface area contributed by atoms with Crippen LogP contribution in [-0.2, 0) is 12.8 Å². The zero-order valence-corrected chi connectivity index (χ0v) is 13.9. The van der Waals surface area contributed by atoms with Crippen molar-refractivity contribution in [2.24, 2.45) is 0 Å². The maximum Gasteiger partial charge on any atom is 0.180 e. The van der Waals surface area contributed by atoms with Crippen molar-refractivity contribution in [3.63, 3.8) is 0 Å². The molecule has 25 heavy (non-hydrogen) atoms. The third-order valence-corrected chi connectivity index (χ3v) is 4.44. The molecule has 128 valence electrons. The van der Waals surface area contributed by atoms with Crippen LogP contribution in [0.4, 0.5) is 5.82 Å². The number of aryl methyl sites for hydroxylation is 1. The first-order valence-electron chi connectivity index (χ1n) is 8.57. The topological polar surface area (TPSA) is 84.1 Å². The Balaban J connectivity index is 1.72. The number of aliphatic hydroxyl groups excluding tert-OH is 1. The first kappa shape index (κ1) is 15.8. The standard InChI is InChI=1S/C19H20N4O2/c24-11-9-15(17-8-4-12-25-17)22-18-13-5-3-7-14(13)21-19(23-18)16-6-1-2-10-20-16/h1-2,4,6,8,10,12,15,24H,3,5,7,9,11H2,(H,21,22,23). The zero-order chi connectivity index (χ0) is 17.1. The molecule has 3 aromatic heterocycles.